The minimum atomic E-state index is -1.18. The van der Waals surface area contributed by atoms with Crippen LogP contribution >= 0.6 is 0 Å². The van der Waals surface area contributed by atoms with Crippen molar-refractivity contribution < 1.29 is 23.8 Å². The van der Waals surface area contributed by atoms with Crippen molar-refractivity contribution in [3.63, 3.8) is 0 Å². The van der Waals surface area contributed by atoms with Crippen LogP contribution in [0.15, 0.2) is 60.7 Å². The summed E-state index contributed by atoms with van der Waals surface area (Å²) in [5.74, 6) is -1.18. The number of ketones is 1. The molecule has 1 aliphatic rings. The van der Waals surface area contributed by atoms with Gasteiger partial charge in [0, 0.05) is 34.0 Å². The third-order valence-electron chi connectivity index (χ3n) is 5.11. The van der Waals surface area contributed by atoms with E-state index in [0.717, 1.165) is 0 Å². The van der Waals surface area contributed by atoms with Crippen molar-refractivity contribution in [1.82, 2.24) is 4.57 Å². The Bertz CT molecular complexity index is 1220. The molecular weight excluding hydrogens is 385 g/mol. The fourth-order valence-corrected chi connectivity index (χ4v) is 3.81. The van der Waals surface area contributed by atoms with Gasteiger partial charge in [0.25, 0.3) is 0 Å². The van der Waals surface area contributed by atoms with Crippen molar-refractivity contribution in [3.8, 4) is 5.75 Å². The lowest BCUT2D eigenvalue weighted by molar-refractivity contribution is -0.113. The first-order chi connectivity index (χ1) is 14.5. The van der Waals surface area contributed by atoms with Gasteiger partial charge in [-0.25, -0.2) is 9.18 Å². The molecule has 0 bridgehead atoms. The van der Waals surface area contributed by atoms with E-state index in [4.69, 9.17) is 4.74 Å². The molecule has 6 heteroatoms. The number of rotatable bonds is 6. The molecular formula is C24H20FNO4. The molecule has 0 unspecified atom stereocenters. The predicted octanol–water partition coefficient (Wildman–Crippen LogP) is 4.84. The van der Waals surface area contributed by atoms with Crippen LogP contribution in [-0.2, 0) is 11.3 Å². The summed E-state index contributed by atoms with van der Waals surface area (Å²) >= 11 is 0. The fraction of sp³-hybridized carbons (Fsp3) is 0.167. The van der Waals surface area contributed by atoms with Gasteiger partial charge in [0.1, 0.15) is 17.3 Å². The Morgan fingerprint density at radius 2 is 2.03 bits per heavy atom. The number of hydrogen-bond acceptors (Lipinski definition) is 3. The molecule has 5 nitrogen and oxygen atoms in total. The highest BCUT2D eigenvalue weighted by molar-refractivity contribution is 6.27. The zero-order valence-electron chi connectivity index (χ0n) is 16.4. The molecule has 152 valence electrons. The summed E-state index contributed by atoms with van der Waals surface area (Å²) in [6.45, 7) is 2.33. The standard InChI is InChI=1S/C24H20FNO4/c1-2-30-16-11-12-20-18(13-16)22(17-8-4-6-10-21(17)27)23(24(28)29)26(20)14-15-7-3-5-9-19(15)25/h3-9,11-13H,2,10,14H2,1H3,(H,28,29). The van der Waals surface area contributed by atoms with Crippen LogP contribution in [0.4, 0.5) is 4.39 Å². The number of carbonyl (C=O) groups is 2. The van der Waals surface area contributed by atoms with Crippen LogP contribution in [-0.4, -0.2) is 28.0 Å². The van der Waals surface area contributed by atoms with Gasteiger partial charge >= 0.3 is 5.97 Å². The Hall–Kier alpha value is -3.67. The van der Waals surface area contributed by atoms with E-state index < -0.39 is 11.8 Å². The number of aromatic carboxylic acids is 1. The van der Waals surface area contributed by atoms with Crippen LogP contribution in [0.25, 0.3) is 16.5 Å². The lowest BCUT2D eigenvalue weighted by Crippen LogP contribution is -2.14. The topological polar surface area (TPSA) is 68.5 Å². The molecule has 0 fully saturated rings. The minimum absolute atomic E-state index is 0.0239. The molecule has 1 aromatic heterocycles. The molecule has 2 aromatic carbocycles. The SMILES string of the molecule is CCOc1ccc2c(c1)c(C1=CC=CCC1=O)c(C(=O)O)n2Cc1ccccc1F. The summed E-state index contributed by atoms with van der Waals surface area (Å²) in [4.78, 5) is 25.0. The zero-order chi connectivity index (χ0) is 21.3. The second kappa shape index (κ2) is 7.99. The van der Waals surface area contributed by atoms with E-state index in [1.807, 2.05) is 6.92 Å². The molecule has 0 aliphatic heterocycles. The summed E-state index contributed by atoms with van der Waals surface area (Å²) in [5.41, 5.74) is 1.58. The quantitative estimate of drug-likeness (QED) is 0.637. The highest BCUT2D eigenvalue weighted by Gasteiger charge is 2.28. The number of Topliss-reactive ketones (excluding diaryl/α,β-unsaturated/α-hetero) is 1. The summed E-state index contributed by atoms with van der Waals surface area (Å²) in [5, 5.41) is 10.7. The number of nitrogens with zero attached hydrogens (tertiary/aromatic N) is 1. The summed E-state index contributed by atoms with van der Waals surface area (Å²) in [6.07, 6.45) is 5.31. The molecule has 0 saturated heterocycles. The molecule has 0 spiro atoms. The number of fused-ring (bicyclic) bond motifs is 1. The lowest BCUT2D eigenvalue weighted by atomic mass is 9.93. The Morgan fingerprint density at radius 3 is 2.73 bits per heavy atom. The summed E-state index contributed by atoms with van der Waals surface area (Å²) < 4.78 is 21.5. The normalized spacial score (nSPS) is 13.5. The molecule has 1 N–H and O–H groups in total. The third-order valence-corrected chi connectivity index (χ3v) is 5.11. The number of hydrogen-bond donors (Lipinski definition) is 1. The van der Waals surface area contributed by atoms with Gasteiger partial charge < -0.3 is 14.4 Å². The number of allylic oxidation sites excluding steroid dienone is 4. The van der Waals surface area contributed by atoms with Gasteiger partial charge in [0.2, 0.25) is 0 Å². The van der Waals surface area contributed by atoms with Gasteiger partial charge in [-0.2, -0.15) is 0 Å². The van der Waals surface area contributed by atoms with E-state index in [9.17, 15) is 19.1 Å². The van der Waals surface area contributed by atoms with E-state index in [2.05, 4.69) is 0 Å². The van der Waals surface area contributed by atoms with E-state index in [0.29, 0.717) is 40.0 Å². The monoisotopic (exact) mass is 405 g/mol. The number of ether oxygens (including phenoxy) is 1. The molecule has 30 heavy (non-hydrogen) atoms. The van der Waals surface area contributed by atoms with Crippen molar-refractivity contribution in [2.75, 3.05) is 6.61 Å². The fourth-order valence-electron chi connectivity index (χ4n) is 3.81. The Kier molecular flexibility index (Phi) is 5.23. The van der Waals surface area contributed by atoms with Crippen molar-refractivity contribution in [2.45, 2.75) is 19.9 Å². The van der Waals surface area contributed by atoms with Gasteiger partial charge in [0.05, 0.1) is 13.2 Å². The van der Waals surface area contributed by atoms with Gasteiger partial charge in [-0.3, -0.25) is 4.79 Å². The highest BCUT2D eigenvalue weighted by Crippen LogP contribution is 2.36. The van der Waals surface area contributed by atoms with Crippen LogP contribution in [0.3, 0.4) is 0 Å². The Labute approximate surface area is 172 Å². The van der Waals surface area contributed by atoms with Crippen molar-refractivity contribution in [3.05, 3.63) is 83.3 Å². The van der Waals surface area contributed by atoms with Gasteiger partial charge in [-0.15, -0.1) is 0 Å². The molecule has 4 rings (SSSR count). The van der Waals surface area contributed by atoms with Crippen molar-refractivity contribution >= 4 is 28.2 Å². The van der Waals surface area contributed by atoms with E-state index in [1.165, 1.54) is 6.07 Å². The summed E-state index contributed by atoms with van der Waals surface area (Å²) in [7, 11) is 0. The maximum absolute atomic E-state index is 14.3. The first-order valence-electron chi connectivity index (χ1n) is 9.67. The smallest absolute Gasteiger partial charge is 0.353 e. The number of benzene rings is 2. The van der Waals surface area contributed by atoms with Crippen LogP contribution in [0.2, 0.25) is 0 Å². The second-order valence-corrected chi connectivity index (χ2v) is 6.95. The molecule has 0 atom stereocenters. The molecule has 1 aliphatic carbocycles. The largest absolute Gasteiger partial charge is 0.494 e. The van der Waals surface area contributed by atoms with E-state index in [-0.39, 0.29) is 24.4 Å². The Balaban J connectivity index is 2.03. The number of carboxylic acids is 1. The number of carboxylic acid groups (broad SMARTS) is 1. The molecule has 0 saturated carbocycles. The molecule has 3 aromatic rings. The van der Waals surface area contributed by atoms with Gasteiger partial charge in [0.15, 0.2) is 5.78 Å². The first-order valence-corrected chi connectivity index (χ1v) is 9.67. The van der Waals surface area contributed by atoms with Crippen molar-refractivity contribution in [2.24, 2.45) is 0 Å². The van der Waals surface area contributed by atoms with Crippen molar-refractivity contribution in [1.29, 1.82) is 0 Å². The minimum Gasteiger partial charge on any atom is -0.494 e. The number of halogens is 1. The first kappa shape index (κ1) is 19.6. The zero-order valence-corrected chi connectivity index (χ0v) is 16.4. The second-order valence-electron chi connectivity index (χ2n) is 6.95. The average Bonchev–Trinajstić information content (AvgIpc) is 3.04. The van der Waals surface area contributed by atoms with Crippen LogP contribution in [0.5, 0.6) is 5.75 Å². The summed E-state index contributed by atoms with van der Waals surface area (Å²) in [6, 6.07) is 11.5. The number of aromatic nitrogens is 1. The average molecular weight is 405 g/mol. The number of carbonyl (C=O) groups excluding carboxylic acids is 1. The van der Waals surface area contributed by atoms with Gasteiger partial charge in [-0.05, 0) is 31.2 Å². The molecule has 0 radical (unpaired) electrons. The predicted molar refractivity (Wildman–Crippen MR) is 112 cm³/mol. The molecule has 0 amide bonds. The van der Waals surface area contributed by atoms with Crippen LogP contribution < -0.4 is 4.74 Å². The van der Waals surface area contributed by atoms with Crippen LogP contribution in [0, 0.1) is 5.82 Å². The third kappa shape index (κ3) is 3.41. The lowest BCUT2D eigenvalue weighted by Gasteiger charge is -2.12. The highest BCUT2D eigenvalue weighted by atomic mass is 19.1. The van der Waals surface area contributed by atoms with Crippen LogP contribution in [0.1, 0.15) is 35.0 Å². The molecule has 1 heterocycles. The Morgan fingerprint density at radius 1 is 1.23 bits per heavy atom. The van der Waals surface area contributed by atoms with E-state index >= 15 is 0 Å². The van der Waals surface area contributed by atoms with Gasteiger partial charge in [-0.1, -0.05) is 36.4 Å². The maximum atomic E-state index is 14.3. The van der Waals surface area contributed by atoms with E-state index in [1.54, 1.807) is 59.2 Å². The maximum Gasteiger partial charge on any atom is 0.353 e.